The van der Waals surface area contributed by atoms with Gasteiger partial charge in [0.05, 0.1) is 16.8 Å². The van der Waals surface area contributed by atoms with Crippen molar-refractivity contribution < 1.29 is 14.3 Å². The molecule has 0 bridgehead atoms. The Morgan fingerprint density at radius 3 is 2.61 bits per heavy atom. The first-order valence-electron chi connectivity index (χ1n) is 10.6. The highest BCUT2D eigenvalue weighted by Crippen LogP contribution is 2.30. The summed E-state index contributed by atoms with van der Waals surface area (Å²) < 4.78 is 6.48. The molecule has 0 saturated heterocycles. The molecule has 180 valence electrons. The number of aromatic nitrogens is 5. The summed E-state index contributed by atoms with van der Waals surface area (Å²) in [6.07, 6.45) is 4.15. The monoisotopic (exact) mass is 522 g/mol. The van der Waals surface area contributed by atoms with Crippen LogP contribution >= 0.6 is 23.2 Å². The van der Waals surface area contributed by atoms with Crippen LogP contribution in [0.4, 0.5) is 5.82 Å². The summed E-state index contributed by atoms with van der Waals surface area (Å²) in [7, 11) is 0. The second kappa shape index (κ2) is 9.40. The topological polar surface area (TPSA) is 136 Å². The van der Waals surface area contributed by atoms with E-state index in [1.165, 1.54) is 35.3 Å². The Balaban J connectivity index is 1.61. The van der Waals surface area contributed by atoms with Crippen LogP contribution in [-0.2, 0) is 0 Å². The Hall–Kier alpha value is -4.28. The number of carbonyl (C=O) groups is 1. The zero-order valence-electron chi connectivity index (χ0n) is 18.5. The summed E-state index contributed by atoms with van der Waals surface area (Å²) in [6.45, 7) is 1.78. The first-order chi connectivity index (χ1) is 17.3. The van der Waals surface area contributed by atoms with Gasteiger partial charge in [0.1, 0.15) is 22.1 Å². The van der Waals surface area contributed by atoms with Crippen LogP contribution < -0.4 is 10.9 Å². The summed E-state index contributed by atoms with van der Waals surface area (Å²) in [5.41, 5.74) is 1.92. The Morgan fingerprint density at radius 1 is 1.17 bits per heavy atom. The van der Waals surface area contributed by atoms with Gasteiger partial charge in [-0.15, -0.1) is 10.2 Å². The summed E-state index contributed by atoms with van der Waals surface area (Å²) >= 11 is 12.8. The van der Waals surface area contributed by atoms with E-state index in [1.54, 1.807) is 37.3 Å². The minimum absolute atomic E-state index is 0.00544. The summed E-state index contributed by atoms with van der Waals surface area (Å²) in [4.78, 5) is 33.6. The molecule has 1 aromatic carbocycles. The lowest BCUT2D eigenvalue weighted by Crippen LogP contribution is -2.20. The Kier molecular flexibility index (Phi) is 6.13. The molecule has 0 aliphatic carbocycles. The van der Waals surface area contributed by atoms with Crippen LogP contribution in [0.1, 0.15) is 28.9 Å². The second-order valence-corrected chi connectivity index (χ2v) is 8.59. The molecule has 0 unspecified atom stereocenters. The van der Waals surface area contributed by atoms with Gasteiger partial charge >= 0.3 is 5.97 Å². The predicted molar refractivity (Wildman–Crippen MR) is 133 cm³/mol. The van der Waals surface area contributed by atoms with Crippen molar-refractivity contribution in [2.45, 2.75) is 13.0 Å². The van der Waals surface area contributed by atoms with Gasteiger partial charge in [-0.25, -0.2) is 14.8 Å². The van der Waals surface area contributed by atoms with E-state index in [1.807, 2.05) is 0 Å². The maximum Gasteiger partial charge on any atom is 0.339 e. The molecule has 0 radical (unpaired) electrons. The van der Waals surface area contributed by atoms with Crippen molar-refractivity contribution in [2.24, 2.45) is 0 Å². The van der Waals surface area contributed by atoms with Crippen molar-refractivity contribution in [3.05, 3.63) is 92.8 Å². The molecule has 36 heavy (non-hydrogen) atoms. The van der Waals surface area contributed by atoms with Gasteiger partial charge in [-0.1, -0.05) is 35.3 Å². The average molecular weight is 523 g/mol. The lowest BCUT2D eigenvalue weighted by Gasteiger charge is -2.19. The molecule has 5 rings (SSSR count). The van der Waals surface area contributed by atoms with Gasteiger partial charge in [-0.2, -0.15) is 0 Å². The number of rotatable bonds is 6. The number of pyridine rings is 2. The second-order valence-electron chi connectivity index (χ2n) is 7.78. The maximum absolute atomic E-state index is 13.2. The van der Waals surface area contributed by atoms with Crippen molar-refractivity contribution in [2.75, 3.05) is 5.32 Å². The predicted octanol–water partition coefficient (Wildman–Crippen LogP) is 4.98. The zero-order valence-corrected chi connectivity index (χ0v) is 20.0. The van der Waals surface area contributed by atoms with Gasteiger partial charge in [0.15, 0.2) is 0 Å². The molecule has 4 aromatic heterocycles. The van der Waals surface area contributed by atoms with Crippen molar-refractivity contribution in [1.82, 2.24) is 24.6 Å². The van der Waals surface area contributed by atoms with Gasteiger partial charge < -0.3 is 14.8 Å². The number of nitrogens with one attached hydrogen (secondary N) is 1. The van der Waals surface area contributed by atoms with E-state index in [0.717, 1.165) is 0 Å². The number of hydrogen-bond acceptors (Lipinski definition) is 8. The molecule has 10 nitrogen and oxygen atoms in total. The third-order valence-corrected chi connectivity index (χ3v) is 6.03. The Labute approximate surface area is 213 Å². The fraction of sp³-hybridized carbons (Fsp3) is 0.0833. The quantitative estimate of drug-likeness (QED) is 0.316. The van der Waals surface area contributed by atoms with Gasteiger partial charge in [-0.05, 0) is 37.3 Å². The standard InChI is InChI=1S/C24H16Cl2N6O4/c1-12(29-20-16(24(34)35)3-2-8-27-20)17-9-15(25)10-32-21(17)30-19(18(26)23(32)33)13-4-6-14(7-5-13)22-31-28-11-36-22/h2-12H,1H3,(H,27,29)(H,34,35)/t12-/m1/s1. The van der Waals surface area contributed by atoms with Crippen molar-refractivity contribution in [3.63, 3.8) is 0 Å². The number of aromatic carboxylic acids is 1. The van der Waals surface area contributed by atoms with E-state index in [-0.39, 0.29) is 27.1 Å². The van der Waals surface area contributed by atoms with Crippen LogP contribution in [0, 0.1) is 0 Å². The van der Waals surface area contributed by atoms with Crippen LogP contribution in [0.15, 0.2) is 70.5 Å². The number of carboxylic acids is 1. The van der Waals surface area contributed by atoms with E-state index in [9.17, 15) is 14.7 Å². The summed E-state index contributed by atoms with van der Waals surface area (Å²) in [5.74, 6) is -0.601. The highest BCUT2D eigenvalue weighted by molar-refractivity contribution is 6.33. The van der Waals surface area contributed by atoms with Crippen molar-refractivity contribution >= 4 is 40.6 Å². The molecular weight excluding hydrogens is 507 g/mol. The lowest BCUT2D eigenvalue weighted by molar-refractivity contribution is 0.0697. The molecule has 2 N–H and O–H groups in total. The third kappa shape index (κ3) is 4.28. The molecule has 0 fully saturated rings. The van der Waals surface area contributed by atoms with Gasteiger partial charge in [0.2, 0.25) is 12.3 Å². The largest absolute Gasteiger partial charge is 0.478 e. The molecule has 0 aliphatic rings. The molecule has 0 amide bonds. The van der Waals surface area contributed by atoms with Crippen LogP contribution in [0.25, 0.3) is 28.4 Å². The van der Waals surface area contributed by atoms with Gasteiger partial charge in [-0.3, -0.25) is 9.20 Å². The van der Waals surface area contributed by atoms with E-state index in [4.69, 9.17) is 32.6 Å². The summed E-state index contributed by atoms with van der Waals surface area (Å²) in [6, 6.07) is 11.1. The lowest BCUT2D eigenvalue weighted by atomic mass is 10.1. The molecule has 0 aliphatic heterocycles. The van der Waals surface area contributed by atoms with Crippen LogP contribution in [-0.4, -0.2) is 35.6 Å². The van der Waals surface area contributed by atoms with E-state index in [0.29, 0.717) is 28.2 Å². The number of anilines is 1. The van der Waals surface area contributed by atoms with Crippen LogP contribution in [0.2, 0.25) is 10.0 Å². The fourth-order valence-electron chi connectivity index (χ4n) is 3.76. The average Bonchev–Trinajstić information content (AvgIpc) is 3.41. The van der Waals surface area contributed by atoms with Gasteiger partial charge in [0, 0.05) is 29.1 Å². The molecule has 4 heterocycles. The number of hydrogen-bond donors (Lipinski definition) is 2. The number of benzene rings is 1. The summed E-state index contributed by atoms with van der Waals surface area (Å²) in [5, 5.41) is 20.3. The molecule has 5 aromatic rings. The molecule has 0 saturated carbocycles. The van der Waals surface area contributed by atoms with E-state index >= 15 is 0 Å². The molecule has 1 atom stereocenters. The third-order valence-electron chi connectivity index (χ3n) is 5.49. The molecular formula is C24H16Cl2N6O4. The first-order valence-corrected chi connectivity index (χ1v) is 11.3. The number of fused-ring (bicyclic) bond motifs is 1. The zero-order chi connectivity index (χ0) is 25.4. The van der Waals surface area contributed by atoms with Gasteiger partial charge in [0.25, 0.3) is 5.56 Å². The first kappa shape index (κ1) is 23.5. The van der Waals surface area contributed by atoms with Crippen LogP contribution in [0.5, 0.6) is 0 Å². The number of nitrogens with zero attached hydrogens (tertiary/aromatic N) is 5. The van der Waals surface area contributed by atoms with E-state index in [2.05, 4.69) is 20.5 Å². The maximum atomic E-state index is 13.2. The normalized spacial score (nSPS) is 12.0. The molecule has 0 spiro atoms. The minimum Gasteiger partial charge on any atom is -0.478 e. The number of halogens is 2. The van der Waals surface area contributed by atoms with Crippen molar-refractivity contribution in [3.8, 4) is 22.7 Å². The van der Waals surface area contributed by atoms with E-state index < -0.39 is 17.6 Å². The minimum atomic E-state index is -1.12. The van der Waals surface area contributed by atoms with Crippen molar-refractivity contribution in [1.29, 1.82) is 0 Å². The fourth-order valence-corrected chi connectivity index (χ4v) is 4.22. The Bertz CT molecular complexity index is 1650. The highest BCUT2D eigenvalue weighted by Gasteiger charge is 2.20. The smallest absolute Gasteiger partial charge is 0.339 e. The highest BCUT2D eigenvalue weighted by atomic mass is 35.5. The van der Waals surface area contributed by atoms with Crippen LogP contribution in [0.3, 0.4) is 0 Å². The number of carboxylic acid groups (broad SMARTS) is 1. The Morgan fingerprint density at radius 2 is 1.92 bits per heavy atom. The SMILES string of the molecule is C[C@@H](Nc1ncccc1C(=O)O)c1cc(Cl)cn2c(=O)c(Cl)c(-c3ccc(-c4nnco4)cc3)nc12. The molecule has 12 heteroatoms.